The largest absolute Gasteiger partial charge is 0.398 e. The zero-order valence-electron chi connectivity index (χ0n) is 15.6. The van der Waals surface area contributed by atoms with Crippen molar-refractivity contribution in [2.45, 2.75) is 6.04 Å². The molecule has 2 atom stereocenters. The molecule has 1 saturated heterocycles. The number of rotatable bonds is 4. The highest BCUT2D eigenvalue weighted by molar-refractivity contribution is 9.10. The van der Waals surface area contributed by atoms with Crippen molar-refractivity contribution in [3.8, 4) is 0 Å². The van der Waals surface area contributed by atoms with Crippen molar-refractivity contribution in [2.75, 3.05) is 10.6 Å². The minimum atomic E-state index is -1.19. The normalized spacial score (nSPS) is 18.7. The van der Waals surface area contributed by atoms with E-state index in [-0.39, 0.29) is 5.56 Å². The number of amides is 1. The van der Waals surface area contributed by atoms with E-state index in [4.69, 9.17) is 17.3 Å². The standard InChI is InChI=1S/C23H16BrClN2O3/c24-17-11-8-14(12-18(17)26)21(28)19-20(13-6-9-15(25)10-7-13)27(23(30)22(19)29)16-4-2-1-3-5-16/h1-12,19-20H,26H2. The molecule has 0 aromatic heterocycles. The zero-order chi connectivity index (χ0) is 21.4. The minimum Gasteiger partial charge on any atom is -0.398 e. The number of carbonyl (C=O) groups is 3. The molecule has 0 spiro atoms. The highest BCUT2D eigenvalue weighted by atomic mass is 79.9. The van der Waals surface area contributed by atoms with Gasteiger partial charge in [0.05, 0.1) is 6.04 Å². The van der Waals surface area contributed by atoms with E-state index in [1.807, 2.05) is 6.07 Å². The topological polar surface area (TPSA) is 80.5 Å². The van der Waals surface area contributed by atoms with Crippen molar-refractivity contribution >= 4 is 56.4 Å². The fourth-order valence-electron chi connectivity index (χ4n) is 3.68. The van der Waals surface area contributed by atoms with Crippen LogP contribution in [0, 0.1) is 5.92 Å². The van der Waals surface area contributed by atoms with Crippen LogP contribution in [-0.4, -0.2) is 17.5 Å². The molecular formula is C23H16BrClN2O3. The van der Waals surface area contributed by atoms with E-state index in [0.717, 1.165) is 0 Å². The van der Waals surface area contributed by atoms with Crippen LogP contribution in [0.15, 0.2) is 77.3 Å². The third kappa shape index (κ3) is 3.53. The maximum atomic E-state index is 13.4. The molecule has 7 heteroatoms. The summed E-state index contributed by atoms with van der Waals surface area (Å²) in [6.45, 7) is 0. The first kappa shape index (κ1) is 20.3. The molecule has 2 unspecified atom stereocenters. The van der Waals surface area contributed by atoms with Crippen LogP contribution in [0.1, 0.15) is 22.0 Å². The Labute approximate surface area is 186 Å². The van der Waals surface area contributed by atoms with E-state index in [9.17, 15) is 14.4 Å². The molecular weight excluding hydrogens is 468 g/mol. The van der Waals surface area contributed by atoms with Gasteiger partial charge in [-0.3, -0.25) is 19.3 Å². The molecule has 0 aliphatic carbocycles. The number of hydrogen-bond donors (Lipinski definition) is 1. The average molecular weight is 484 g/mol. The Kier molecular flexibility index (Phi) is 5.45. The van der Waals surface area contributed by atoms with Gasteiger partial charge in [-0.05, 0) is 57.9 Å². The lowest BCUT2D eigenvalue weighted by molar-refractivity contribution is -0.135. The Balaban J connectivity index is 1.85. The van der Waals surface area contributed by atoms with Gasteiger partial charge in [-0.1, -0.05) is 48.0 Å². The van der Waals surface area contributed by atoms with Crippen molar-refractivity contribution in [3.05, 3.63) is 93.4 Å². The summed E-state index contributed by atoms with van der Waals surface area (Å²) in [5, 5.41) is 0.518. The van der Waals surface area contributed by atoms with Crippen molar-refractivity contribution in [3.63, 3.8) is 0 Å². The molecule has 4 rings (SSSR count). The number of nitrogens with two attached hydrogens (primary N) is 1. The molecule has 3 aromatic rings. The number of ketones is 2. The summed E-state index contributed by atoms with van der Waals surface area (Å²) in [6.07, 6.45) is 0. The van der Waals surface area contributed by atoms with E-state index < -0.39 is 29.4 Å². The Morgan fingerprint density at radius 1 is 0.967 bits per heavy atom. The molecule has 1 fully saturated rings. The van der Waals surface area contributed by atoms with Crippen LogP contribution in [0.3, 0.4) is 0 Å². The predicted molar refractivity (Wildman–Crippen MR) is 120 cm³/mol. The van der Waals surface area contributed by atoms with Crippen LogP contribution >= 0.6 is 27.5 Å². The molecule has 1 aliphatic rings. The summed E-state index contributed by atoms with van der Waals surface area (Å²) in [5.41, 5.74) is 7.76. The number of nitrogen functional groups attached to an aromatic ring is 1. The highest BCUT2D eigenvalue weighted by Gasteiger charge is 2.52. The second kappa shape index (κ2) is 8.05. The summed E-state index contributed by atoms with van der Waals surface area (Å²) in [6, 6.07) is 19.6. The fourth-order valence-corrected chi connectivity index (χ4v) is 4.05. The fraction of sp³-hybridized carbons (Fsp3) is 0.0870. The van der Waals surface area contributed by atoms with Crippen molar-refractivity contribution < 1.29 is 14.4 Å². The summed E-state index contributed by atoms with van der Waals surface area (Å²) >= 11 is 9.32. The molecule has 150 valence electrons. The maximum absolute atomic E-state index is 13.4. The molecule has 1 aliphatic heterocycles. The zero-order valence-corrected chi connectivity index (χ0v) is 17.9. The lowest BCUT2D eigenvalue weighted by Crippen LogP contribution is -2.30. The average Bonchev–Trinajstić information content (AvgIpc) is 3.01. The third-order valence-electron chi connectivity index (χ3n) is 5.11. The lowest BCUT2D eigenvalue weighted by Gasteiger charge is -2.27. The first-order chi connectivity index (χ1) is 14.4. The molecule has 2 N–H and O–H groups in total. The maximum Gasteiger partial charge on any atom is 0.295 e. The minimum absolute atomic E-state index is 0.274. The number of benzene rings is 3. The number of carbonyl (C=O) groups excluding carboxylic acids is 3. The smallest absolute Gasteiger partial charge is 0.295 e. The Hall–Kier alpha value is -2.96. The summed E-state index contributed by atoms with van der Waals surface area (Å²) < 4.78 is 0.646. The molecule has 5 nitrogen and oxygen atoms in total. The second-order valence-corrected chi connectivity index (χ2v) is 8.24. The molecule has 1 amide bonds. The summed E-state index contributed by atoms with van der Waals surface area (Å²) in [4.78, 5) is 40.8. The van der Waals surface area contributed by atoms with E-state index in [2.05, 4.69) is 15.9 Å². The Morgan fingerprint density at radius 3 is 2.27 bits per heavy atom. The SMILES string of the molecule is Nc1cc(C(=O)C2C(=O)C(=O)N(c3ccccc3)C2c2ccc(Cl)cc2)ccc1Br. The highest BCUT2D eigenvalue weighted by Crippen LogP contribution is 2.41. The molecule has 0 saturated carbocycles. The number of Topliss-reactive ketones (excluding diaryl/α,β-unsaturated/α-hetero) is 2. The first-order valence-corrected chi connectivity index (χ1v) is 10.3. The van der Waals surface area contributed by atoms with Crippen molar-refractivity contribution in [1.29, 1.82) is 0 Å². The Morgan fingerprint density at radius 2 is 1.63 bits per heavy atom. The molecule has 0 bridgehead atoms. The van der Waals surface area contributed by atoms with Crippen LogP contribution in [0.2, 0.25) is 5.02 Å². The number of nitrogens with zero attached hydrogens (tertiary/aromatic N) is 1. The van der Waals surface area contributed by atoms with Gasteiger partial charge in [0, 0.05) is 26.4 Å². The second-order valence-electron chi connectivity index (χ2n) is 6.95. The molecule has 3 aromatic carbocycles. The summed E-state index contributed by atoms with van der Waals surface area (Å²) in [7, 11) is 0. The van der Waals surface area contributed by atoms with Gasteiger partial charge in [-0.15, -0.1) is 0 Å². The van der Waals surface area contributed by atoms with Crippen molar-refractivity contribution in [1.82, 2.24) is 0 Å². The van der Waals surface area contributed by atoms with Crippen molar-refractivity contribution in [2.24, 2.45) is 5.92 Å². The van der Waals surface area contributed by atoms with Crippen LogP contribution in [0.4, 0.5) is 11.4 Å². The first-order valence-electron chi connectivity index (χ1n) is 9.15. The van der Waals surface area contributed by atoms with Gasteiger partial charge in [0.15, 0.2) is 5.78 Å². The van der Waals surface area contributed by atoms with Crippen LogP contribution in [0.5, 0.6) is 0 Å². The monoisotopic (exact) mass is 482 g/mol. The van der Waals surface area contributed by atoms with Gasteiger partial charge in [-0.25, -0.2) is 0 Å². The number of halogens is 2. The molecule has 30 heavy (non-hydrogen) atoms. The van der Waals surface area contributed by atoms with Crippen LogP contribution in [0.25, 0.3) is 0 Å². The predicted octanol–water partition coefficient (Wildman–Crippen LogP) is 4.84. The third-order valence-corrected chi connectivity index (χ3v) is 6.09. The molecule has 0 radical (unpaired) electrons. The van der Waals surface area contributed by atoms with E-state index in [0.29, 0.717) is 26.4 Å². The number of para-hydroxylation sites is 1. The van der Waals surface area contributed by atoms with Gasteiger partial charge < -0.3 is 5.73 Å². The van der Waals surface area contributed by atoms with Gasteiger partial charge in [-0.2, -0.15) is 0 Å². The van der Waals surface area contributed by atoms with E-state index in [1.54, 1.807) is 60.7 Å². The number of anilines is 2. The van der Waals surface area contributed by atoms with Gasteiger partial charge >= 0.3 is 0 Å². The van der Waals surface area contributed by atoms with Gasteiger partial charge in [0.2, 0.25) is 5.78 Å². The van der Waals surface area contributed by atoms with Crippen LogP contribution < -0.4 is 10.6 Å². The quantitative estimate of drug-likeness (QED) is 0.249. The van der Waals surface area contributed by atoms with E-state index >= 15 is 0 Å². The summed E-state index contributed by atoms with van der Waals surface area (Å²) in [5.74, 6) is -3.11. The number of hydrogen-bond acceptors (Lipinski definition) is 4. The Bertz CT molecular complexity index is 1150. The van der Waals surface area contributed by atoms with Gasteiger partial charge in [0.1, 0.15) is 5.92 Å². The van der Waals surface area contributed by atoms with Gasteiger partial charge in [0.25, 0.3) is 5.91 Å². The molecule has 1 heterocycles. The van der Waals surface area contributed by atoms with E-state index in [1.165, 1.54) is 11.0 Å². The lowest BCUT2D eigenvalue weighted by atomic mass is 9.86. The van der Waals surface area contributed by atoms with Crippen LogP contribution in [-0.2, 0) is 9.59 Å².